The molecule has 0 amide bonds. The molecule has 1 N–H and O–H groups in total. The zero-order chi connectivity index (χ0) is 11.3. The summed E-state index contributed by atoms with van der Waals surface area (Å²) in [6.07, 6.45) is 6.84. The fraction of sp³-hybridized carbons (Fsp3) is 1.00. The Kier molecular flexibility index (Phi) is 5.07. The Morgan fingerprint density at radius 1 is 1.13 bits per heavy atom. The van der Waals surface area contributed by atoms with E-state index in [0.29, 0.717) is 5.92 Å². The van der Waals surface area contributed by atoms with Gasteiger partial charge in [-0.05, 0) is 46.0 Å². The van der Waals surface area contributed by atoms with Gasteiger partial charge < -0.3 is 9.84 Å². The summed E-state index contributed by atoms with van der Waals surface area (Å²) in [5.41, 5.74) is -0.0460. The summed E-state index contributed by atoms with van der Waals surface area (Å²) in [6, 6.07) is 0. The highest BCUT2D eigenvalue weighted by molar-refractivity contribution is 4.73. The molecule has 0 heterocycles. The van der Waals surface area contributed by atoms with Crippen LogP contribution < -0.4 is 0 Å². The zero-order valence-electron chi connectivity index (χ0n) is 10.5. The molecule has 1 saturated carbocycles. The van der Waals surface area contributed by atoms with Crippen LogP contribution in [0.2, 0.25) is 0 Å². The van der Waals surface area contributed by atoms with Gasteiger partial charge in [0.1, 0.15) is 0 Å². The molecule has 0 aromatic carbocycles. The van der Waals surface area contributed by atoms with E-state index in [1.165, 1.54) is 25.7 Å². The number of hydrogen-bond acceptors (Lipinski definition) is 2. The Morgan fingerprint density at radius 2 is 1.80 bits per heavy atom. The molecular formula is C13H26O2. The zero-order valence-corrected chi connectivity index (χ0v) is 10.5. The minimum Gasteiger partial charge on any atom is -0.393 e. The van der Waals surface area contributed by atoms with Gasteiger partial charge in [0.25, 0.3) is 0 Å². The maximum absolute atomic E-state index is 9.92. The van der Waals surface area contributed by atoms with Gasteiger partial charge in [0.2, 0.25) is 0 Å². The molecule has 2 atom stereocenters. The normalized spacial score (nSPS) is 28.8. The molecule has 2 unspecified atom stereocenters. The third-order valence-electron chi connectivity index (χ3n) is 3.14. The number of rotatable bonds is 3. The van der Waals surface area contributed by atoms with E-state index in [9.17, 15) is 5.11 Å². The molecule has 0 saturated heterocycles. The summed E-state index contributed by atoms with van der Waals surface area (Å²) in [5, 5.41) is 9.92. The van der Waals surface area contributed by atoms with Crippen molar-refractivity contribution in [3.8, 4) is 0 Å². The lowest BCUT2D eigenvalue weighted by Crippen LogP contribution is -2.24. The van der Waals surface area contributed by atoms with E-state index in [2.05, 4.69) is 20.8 Å². The number of ether oxygens (including phenoxy) is 1. The highest BCUT2D eigenvalue weighted by Gasteiger charge is 2.22. The maximum Gasteiger partial charge on any atom is 0.0598 e. The van der Waals surface area contributed by atoms with Gasteiger partial charge >= 0.3 is 0 Å². The summed E-state index contributed by atoms with van der Waals surface area (Å²) in [7, 11) is 0. The van der Waals surface area contributed by atoms with Crippen molar-refractivity contribution >= 4 is 0 Å². The first-order valence-corrected chi connectivity index (χ1v) is 6.31. The standard InChI is InChI=1S/C13H26O2/c1-13(2,3)15-10-9-11-7-5-4-6-8-12(11)14/h11-12,14H,4-10H2,1-3H3. The molecule has 0 aromatic rings. The molecule has 0 aromatic heterocycles. The molecule has 2 heteroatoms. The van der Waals surface area contributed by atoms with Crippen molar-refractivity contribution in [2.45, 2.75) is 71.0 Å². The van der Waals surface area contributed by atoms with E-state index in [1.54, 1.807) is 0 Å². The molecule has 0 spiro atoms. The van der Waals surface area contributed by atoms with Crippen LogP contribution in [0.1, 0.15) is 59.3 Å². The molecule has 1 rings (SSSR count). The van der Waals surface area contributed by atoms with Gasteiger partial charge in [-0.2, -0.15) is 0 Å². The smallest absolute Gasteiger partial charge is 0.0598 e. The highest BCUT2D eigenvalue weighted by Crippen LogP contribution is 2.26. The van der Waals surface area contributed by atoms with Gasteiger partial charge in [0.15, 0.2) is 0 Å². The average Bonchev–Trinajstić information content (AvgIpc) is 2.30. The first-order valence-electron chi connectivity index (χ1n) is 6.31. The van der Waals surface area contributed by atoms with E-state index >= 15 is 0 Å². The number of aliphatic hydroxyl groups excluding tert-OH is 1. The van der Waals surface area contributed by atoms with Crippen molar-refractivity contribution < 1.29 is 9.84 Å². The van der Waals surface area contributed by atoms with Gasteiger partial charge in [0.05, 0.1) is 11.7 Å². The van der Waals surface area contributed by atoms with Crippen LogP contribution in [0.4, 0.5) is 0 Å². The van der Waals surface area contributed by atoms with Crippen molar-refractivity contribution in [2.75, 3.05) is 6.61 Å². The first-order chi connectivity index (χ1) is 6.99. The van der Waals surface area contributed by atoms with Gasteiger partial charge in [-0.1, -0.05) is 19.3 Å². The quantitative estimate of drug-likeness (QED) is 0.731. The van der Waals surface area contributed by atoms with Crippen LogP contribution in [-0.4, -0.2) is 23.4 Å². The van der Waals surface area contributed by atoms with Crippen LogP contribution in [-0.2, 0) is 4.74 Å². The first kappa shape index (κ1) is 13.0. The summed E-state index contributed by atoms with van der Waals surface area (Å²) in [4.78, 5) is 0. The van der Waals surface area contributed by atoms with Crippen LogP contribution in [0.25, 0.3) is 0 Å². The third-order valence-corrected chi connectivity index (χ3v) is 3.14. The third kappa shape index (κ3) is 5.53. The van der Waals surface area contributed by atoms with E-state index in [1.807, 2.05) is 0 Å². The molecule has 1 fully saturated rings. The summed E-state index contributed by atoms with van der Waals surface area (Å²) in [5.74, 6) is 0.467. The highest BCUT2D eigenvalue weighted by atomic mass is 16.5. The predicted molar refractivity (Wildman–Crippen MR) is 62.9 cm³/mol. The van der Waals surface area contributed by atoms with Crippen LogP contribution >= 0.6 is 0 Å². The lowest BCUT2D eigenvalue weighted by atomic mass is 9.94. The molecule has 0 radical (unpaired) electrons. The van der Waals surface area contributed by atoms with Crippen molar-refractivity contribution in [1.29, 1.82) is 0 Å². The summed E-state index contributed by atoms with van der Waals surface area (Å²) < 4.78 is 5.71. The molecule has 15 heavy (non-hydrogen) atoms. The Hall–Kier alpha value is -0.0800. The van der Waals surface area contributed by atoms with Crippen molar-refractivity contribution in [1.82, 2.24) is 0 Å². The molecule has 1 aliphatic rings. The fourth-order valence-electron chi connectivity index (χ4n) is 2.22. The summed E-state index contributed by atoms with van der Waals surface area (Å²) in [6.45, 7) is 7.02. The molecular weight excluding hydrogens is 188 g/mol. The van der Waals surface area contributed by atoms with Gasteiger partial charge in [0, 0.05) is 6.61 Å². The SMILES string of the molecule is CC(C)(C)OCCC1CCCCCC1O. The second kappa shape index (κ2) is 5.86. The lowest BCUT2D eigenvalue weighted by Gasteiger charge is -2.24. The molecule has 0 aliphatic heterocycles. The number of aliphatic hydroxyl groups is 1. The topological polar surface area (TPSA) is 29.5 Å². The van der Waals surface area contributed by atoms with E-state index in [0.717, 1.165) is 19.4 Å². The molecule has 90 valence electrons. The van der Waals surface area contributed by atoms with Crippen molar-refractivity contribution in [3.63, 3.8) is 0 Å². The fourth-order valence-corrected chi connectivity index (χ4v) is 2.22. The minimum absolute atomic E-state index is 0.0460. The van der Waals surface area contributed by atoms with Gasteiger partial charge in [-0.25, -0.2) is 0 Å². The predicted octanol–water partition coefficient (Wildman–Crippen LogP) is 3.13. The van der Waals surface area contributed by atoms with Gasteiger partial charge in [-0.3, -0.25) is 0 Å². The van der Waals surface area contributed by atoms with Crippen LogP contribution in [0.15, 0.2) is 0 Å². The Labute approximate surface area is 94.0 Å². The second-order valence-electron chi connectivity index (χ2n) is 5.71. The number of hydrogen-bond donors (Lipinski definition) is 1. The average molecular weight is 214 g/mol. The second-order valence-corrected chi connectivity index (χ2v) is 5.71. The van der Waals surface area contributed by atoms with Crippen molar-refractivity contribution in [3.05, 3.63) is 0 Å². The van der Waals surface area contributed by atoms with Crippen LogP contribution in [0, 0.1) is 5.92 Å². The maximum atomic E-state index is 9.92. The van der Waals surface area contributed by atoms with E-state index < -0.39 is 0 Å². The van der Waals surface area contributed by atoms with Gasteiger partial charge in [-0.15, -0.1) is 0 Å². The molecule has 2 nitrogen and oxygen atoms in total. The monoisotopic (exact) mass is 214 g/mol. The van der Waals surface area contributed by atoms with Crippen LogP contribution in [0.5, 0.6) is 0 Å². The van der Waals surface area contributed by atoms with E-state index in [4.69, 9.17) is 4.74 Å². The lowest BCUT2D eigenvalue weighted by molar-refractivity contribution is -0.0198. The Morgan fingerprint density at radius 3 is 2.47 bits per heavy atom. The minimum atomic E-state index is -0.0870. The van der Waals surface area contributed by atoms with Crippen molar-refractivity contribution in [2.24, 2.45) is 5.92 Å². The van der Waals surface area contributed by atoms with E-state index in [-0.39, 0.29) is 11.7 Å². The van der Waals surface area contributed by atoms with Crippen LogP contribution in [0.3, 0.4) is 0 Å². The molecule has 1 aliphatic carbocycles. The largest absolute Gasteiger partial charge is 0.393 e. The Bertz CT molecular complexity index is 172. The Balaban J connectivity index is 2.23. The molecule has 0 bridgehead atoms. The summed E-state index contributed by atoms with van der Waals surface area (Å²) >= 11 is 0.